The smallest absolute Gasteiger partial charge is 0.306 e. The number of hydrogen-bond donors (Lipinski definition) is 1. The quantitative estimate of drug-likeness (QED) is 0.0591. The molecule has 0 aliphatic rings. The van der Waals surface area contributed by atoms with Gasteiger partial charge in [-0.3, -0.25) is 9.59 Å². The molecule has 4 nitrogen and oxygen atoms in total. The third-order valence-electron chi connectivity index (χ3n) is 6.75. The van der Waals surface area contributed by atoms with E-state index in [0.29, 0.717) is 6.42 Å². The number of allylic oxidation sites excluding steroid dienone is 10. The Balaban J connectivity index is 3.80. The topological polar surface area (TPSA) is 63.6 Å². The van der Waals surface area contributed by atoms with Gasteiger partial charge in [0.15, 0.2) is 0 Å². The monoisotopic (exact) mass is 556 g/mol. The number of carboxylic acid groups (broad SMARTS) is 1. The molecule has 0 heterocycles. The van der Waals surface area contributed by atoms with Crippen molar-refractivity contribution < 1.29 is 19.4 Å². The first-order valence-corrected chi connectivity index (χ1v) is 16.3. The lowest BCUT2D eigenvalue weighted by molar-refractivity contribution is -0.150. The predicted molar refractivity (Wildman–Crippen MR) is 172 cm³/mol. The van der Waals surface area contributed by atoms with Crippen LogP contribution in [0.5, 0.6) is 0 Å². The maximum absolute atomic E-state index is 12.4. The minimum atomic E-state index is -0.703. The van der Waals surface area contributed by atoms with E-state index in [1.54, 1.807) is 0 Å². The highest BCUT2D eigenvalue weighted by Gasteiger charge is 2.13. The molecule has 1 unspecified atom stereocenters. The maximum atomic E-state index is 12.4. The Hall–Kier alpha value is -2.36. The van der Waals surface area contributed by atoms with Crippen molar-refractivity contribution in [3.8, 4) is 0 Å². The molecule has 1 atom stereocenters. The number of esters is 1. The molecule has 0 aliphatic heterocycles. The van der Waals surface area contributed by atoms with Crippen LogP contribution in [0.25, 0.3) is 0 Å². The van der Waals surface area contributed by atoms with Crippen molar-refractivity contribution in [1.29, 1.82) is 0 Å². The van der Waals surface area contributed by atoms with Crippen molar-refractivity contribution in [2.24, 2.45) is 0 Å². The van der Waals surface area contributed by atoms with E-state index in [-0.39, 0.29) is 18.5 Å². The summed E-state index contributed by atoms with van der Waals surface area (Å²) in [6.07, 6.45) is 42.6. The van der Waals surface area contributed by atoms with Gasteiger partial charge in [-0.2, -0.15) is 0 Å². The fraction of sp³-hybridized carbons (Fsp3) is 0.667. The highest BCUT2D eigenvalue weighted by Crippen LogP contribution is 2.17. The number of carboxylic acids is 1. The molecule has 0 fully saturated rings. The van der Waals surface area contributed by atoms with E-state index in [2.05, 4.69) is 74.6 Å². The van der Waals surface area contributed by atoms with Gasteiger partial charge in [0.1, 0.15) is 6.10 Å². The fourth-order valence-electron chi connectivity index (χ4n) is 4.37. The lowest BCUT2D eigenvalue weighted by Crippen LogP contribution is -2.18. The van der Waals surface area contributed by atoms with Gasteiger partial charge >= 0.3 is 11.9 Å². The zero-order valence-corrected chi connectivity index (χ0v) is 25.9. The first-order chi connectivity index (χ1) is 19.6. The standard InChI is InChI=1S/C36H60O4/c1-3-5-7-8-9-10-11-12-13-14-15-16-17-18-19-20-21-26-29-33-36(39)40-34(30-6-4-2)31-27-24-22-23-25-28-32-35(37)38/h5,7,9-10,12-13,15-16,18-19,34H,3-4,6,8,11,14,17,20-33H2,1-2H3,(H,37,38)/b7-5-,10-9-,13-12-,16-15-,19-18-. The molecule has 4 heteroatoms. The van der Waals surface area contributed by atoms with Crippen LogP contribution in [0.1, 0.15) is 149 Å². The summed E-state index contributed by atoms with van der Waals surface area (Å²) in [5.74, 6) is -0.740. The second-order valence-electron chi connectivity index (χ2n) is 10.6. The lowest BCUT2D eigenvalue weighted by atomic mass is 10.0. The van der Waals surface area contributed by atoms with E-state index in [1.165, 1.54) is 0 Å². The molecule has 228 valence electrons. The van der Waals surface area contributed by atoms with E-state index in [9.17, 15) is 9.59 Å². The lowest BCUT2D eigenvalue weighted by Gasteiger charge is -2.18. The average Bonchev–Trinajstić information content (AvgIpc) is 2.94. The second-order valence-corrected chi connectivity index (χ2v) is 10.6. The van der Waals surface area contributed by atoms with Crippen molar-refractivity contribution in [2.75, 3.05) is 0 Å². The van der Waals surface area contributed by atoms with Gasteiger partial charge in [0.2, 0.25) is 0 Å². The van der Waals surface area contributed by atoms with Crippen molar-refractivity contribution in [2.45, 2.75) is 155 Å². The maximum Gasteiger partial charge on any atom is 0.306 e. The molecule has 0 spiro atoms. The van der Waals surface area contributed by atoms with Gasteiger partial charge in [0.05, 0.1) is 0 Å². The molecule has 0 saturated carbocycles. The molecule has 1 N–H and O–H groups in total. The van der Waals surface area contributed by atoms with Crippen LogP contribution >= 0.6 is 0 Å². The molecule has 0 radical (unpaired) electrons. The highest BCUT2D eigenvalue weighted by molar-refractivity contribution is 5.69. The van der Waals surface area contributed by atoms with Crippen LogP contribution < -0.4 is 0 Å². The number of rotatable bonds is 28. The molecular formula is C36H60O4. The number of ether oxygens (including phenoxy) is 1. The fourth-order valence-corrected chi connectivity index (χ4v) is 4.37. The van der Waals surface area contributed by atoms with Gasteiger partial charge in [-0.15, -0.1) is 0 Å². The van der Waals surface area contributed by atoms with E-state index >= 15 is 0 Å². The third kappa shape index (κ3) is 30.2. The molecule has 0 aromatic carbocycles. The number of unbranched alkanes of at least 4 members (excludes halogenated alkanes) is 9. The van der Waals surface area contributed by atoms with Crippen molar-refractivity contribution in [1.82, 2.24) is 0 Å². The Morgan fingerprint density at radius 3 is 1.62 bits per heavy atom. The normalized spacial score (nSPS) is 13.1. The third-order valence-corrected chi connectivity index (χ3v) is 6.75. The van der Waals surface area contributed by atoms with Crippen LogP contribution in [0, 0.1) is 0 Å². The SMILES string of the molecule is CC/C=C\C/C=C\C/C=C\C/C=C\C/C=C\CCCCCC(=O)OC(CCCC)CCCCCCCCC(=O)O. The first kappa shape index (κ1) is 37.6. The molecule has 0 aromatic heterocycles. The summed E-state index contributed by atoms with van der Waals surface area (Å²) < 4.78 is 5.82. The zero-order valence-electron chi connectivity index (χ0n) is 25.9. The first-order valence-electron chi connectivity index (χ1n) is 16.3. The van der Waals surface area contributed by atoms with Gasteiger partial charge < -0.3 is 9.84 Å². The van der Waals surface area contributed by atoms with Crippen molar-refractivity contribution >= 4 is 11.9 Å². The van der Waals surface area contributed by atoms with E-state index in [1.807, 2.05) is 0 Å². The summed E-state index contributed by atoms with van der Waals surface area (Å²) in [7, 11) is 0. The van der Waals surface area contributed by atoms with Gasteiger partial charge in [0.25, 0.3) is 0 Å². The van der Waals surface area contributed by atoms with Crippen molar-refractivity contribution in [3.63, 3.8) is 0 Å². The summed E-state index contributed by atoms with van der Waals surface area (Å²) >= 11 is 0. The van der Waals surface area contributed by atoms with Gasteiger partial charge in [-0.05, 0) is 77.0 Å². The van der Waals surface area contributed by atoms with Gasteiger partial charge in [0, 0.05) is 12.8 Å². The average molecular weight is 557 g/mol. The Bertz CT molecular complexity index is 729. The minimum absolute atomic E-state index is 0.0374. The minimum Gasteiger partial charge on any atom is -0.481 e. The summed E-state index contributed by atoms with van der Waals surface area (Å²) in [5.41, 5.74) is 0. The Labute approximate surface area is 246 Å². The Kier molecular flexibility index (Phi) is 29.3. The van der Waals surface area contributed by atoms with Crippen LogP contribution in [0.15, 0.2) is 60.8 Å². The summed E-state index contributed by atoms with van der Waals surface area (Å²) in [4.78, 5) is 22.9. The molecule has 0 aromatic rings. The highest BCUT2D eigenvalue weighted by atomic mass is 16.5. The van der Waals surface area contributed by atoms with E-state index in [4.69, 9.17) is 9.84 Å². The molecule has 0 amide bonds. The molecule has 0 aliphatic carbocycles. The predicted octanol–water partition coefficient (Wildman–Crippen LogP) is 11.0. The Morgan fingerprint density at radius 1 is 0.575 bits per heavy atom. The number of hydrogen-bond acceptors (Lipinski definition) is 3. The largest absolute Gasteiger partial charge is 0.481 e. The van der Waals surface area contributed by atoms with Crippen LogP contribution in [0.2, 0.25) is 0 Å². The molecule has 0 saturated heterocycles. The van der Waals surface area contributed by atoms with E-state index in [0.717, 1.165) is 122 Å². The van der Waals surface area contributed by atoms with Crippen LogP contribution in [0.3, 0.4) is 0 Å². The van der Waals surface area contributed by atoms with Crippen LogP contribution in [0.4, 0.5) is 0 Å². The molecule has 0 bridgehead atoms. The number of carbonyl (C=O) groups excluding carboxylic acids is 1. The number of aliphatic carboxylic acids is 1. The van der Waals surface area contributed by atoms with Crippen LogP contribution in [-0.4, -0.2) is 23.1 Å². The summed E-state index contributed by atoms with van der Waals surface area (Å²) in [6, 6.07) is 0. The Morgan fingerprint density at radius 2 is 1.05 bits per heavy atom. The van der Waals surface area contributed by atoms with Crippen LogP contribution in [-0.2, 0) is 14.3 Å². The molecule has 40 heavy (non-hydrogen) atoms. The number of carbonyl (C=O) groups is 2. The molecular weight excluding hydrogens is 496 g/mol. The summed E-state index contributed by atoms with van der Waals surface area (Å²) in [5, 5.41) is 8.69. The van der Waals surface area contributed by atoms with E-state index < -0.39 is 5.97 Å². The van der Waals surface area contributed by atoms with Gasteiger partial charge in [-0.25, -0.2) is 0 Å². The second kappa shape index (κ2) is 31.2. The van der Waals surface area contributed by atoms with Crippen molar-refractivity contribution in [3.05, 3.63) is 60.8 Å². The zero-order chi connectivity index (χ0) is 29.4. The molecule has 0 rings (SSSR count). The summed E-state index contributed by atoms with van der Waals surface area (Å²) in [6.45, 7) is 4.33. The van der Waals surface area contributed by atoms with Gasteiger partial charge in [-0.1, -0.05) is 120 Å².